The van der Waals surface area contributed by atoms with Crippen molar-refractivity contribution in [3.63, 3.8) is 0 Å². The number of nitrogens with zero attached hydrogens (tertiary/aromatic N) is 3. The van der Waals surface area contributed by atoms with E-state index in [1.807, 2.05) is 6.07 Å². The van der Waals surface area contributed by atoms with Gasteiger partial charge >= 0.3 is 6.18 Å². The van der Waals surface area contributed by atoms with Gasteiger partial charge in [0.2, 0.25) is 0 Å². The zero-order valence-corrected chi connectivity index (χ0v) is 15.4. The Bertz CT molecular complexity index is 987. The van der Waals surface area contributed by atoms with Gasteiger partial charge in [-0.05, 0) is 24.3 Å². The molecule has 0 radical (unpaired) electrons. The summed E-state index contributed by atoms with van der Waals surface area (Å²) in [7, 11) is 1.36. The van der Waals surface area contributed by atoms with Crippen LogP contribution in [0.15, 0.2) is 60.8 Å². The van der Waals surface area contributed by atoms with Crippen LogP contribution in [0.2, 0.25) is 0 Å². The quantitative estimate of drug-likeness (QED) is 0.576. The number of rotatable bonds is 6. The third kappa shape index (κ3) is 4.56. The molecule has 0 atom stereocenters. The Kier molecular flexibility index (Phi) is 5.86. The van der Waals surface area contributed by atoms with Gasteiger partial charge in [-0.2, -0.15) is 18.3 Å². The molecule has 0 aliphatic heterocycles. The number of likely N-dealkylation sites (N-methyl/N-ethyl adjacent to an activating group) is 1. The molecule has 0 saturated carbocycles. The van der Waals surface area contributed by atoms with Gasteiger partial charge in [0.25, 0.3) is 5.91 Å². The lowest BCUT2D eigenvalue weighted by Crippen LogP contribution is -2.32. The maximum absolute atomic E-state index is 14.0. The number of amides is 1. The lowest BCUT2D eigenvalue weighted by molar-refractivity contribution is -0.143. The molecule has 1 heterocycles. The Morgan fingerprint density at radius 1 is 1.10 bits per heavy atom. The molecule has 0 bridgehead atoms. The molecule has 9 heteroatoms. The summed E-state index contributed by atoms with van der Waals surface area (Å²) in [5.74, 6) is -1.20. The fraction of sp³-hybridized carbons (Fsp3) is 0.200. The van der Waals surface area contributed by atoms with Crippen LogP contribution in [-0.2, 0) is 6.18 Å². The van der Waals surface area contributed by atoms with Crippen molar-refractivity contribution >= 4 is 5.91 Å². The van der Waals surface area contributed by atoms with Crippen molar-refractivity contribution in [3.8, 4) is 11.4 Å². The number of para-hydroxylation sites is 2. The summed E-state index contributed by atoms with van der Waals surface area (Å²) in [4.78, 5) is 13.7. The highest BCUT2D eigenvalue weighted by molar-refractivity contribution is 5.95. The predicted octanol–water partition coefficient (Wildman–Crippen LogP) is 4.18. The summed E-state index contributed by atoms with van der Waals surface area (Å²) in [6.45, 7) is 0.144. The molecule has 5 nitrogen and oxygen atoms in total. The maximum Gasteiger partial charge on any atom is 0.434 e. The molecule has 152 valence electrons. The van der Waals surface area contributed by atoms with Crippen molar-refractivity contribution < 1.29 is 27.1 Å². The van der Waals surface area contributed by atoms with Gasteiger partial charge in [0.1, 0.15) is 23.9 Å². The monoisotopic (exact) mass is 407 g/mol. The first-order valence-corrected chi connectivity index (χ1v) is 8.62. The predicted molar refractivity (Wildman–Crippen MR) is 97.4 cm³/mol. The van der Waals surface area contributed by atoms with E-state index in [1.165, 1.54) is 19.2 Å². The Hall–Kier alpha value is -3.36. The van der Waals surface area contributed by atoms with Crippen LogP contribution in [0, 0.1) is 5.82 Å². The summed E-state index contributed by atoms with van der Waals surface area (Å²) in [6.07, 6.45) is -4.11. The normalized spacial score (nSPS) is 11.3. The molecule has 0 aliphatic carbocycles. The second-order valence-electron chi connectivity index (χ2n) is 6.16. The third-order valence-corrected chi connectivity index (χ3v) is 4.13. The molecular weight excluding hydrogens is 390 g/mol. The van der Waals surface area contributed by atoms with E-state index in [2.05, 4.69) is 5.10 Å². The van der Waals surface area contributed by atoms with E-state index in [-0.39, 0.29) is 13.2 Å². The Labute approximate surface area is 164 Å². The van der Waals surface area contributed by atoms with Crippen LogP contribution in [0.1, 0.15) is 16.1 Å². The highest BCUT2D eigenvalue weighted by atomic mass is 19.4. The van der Waals surface area contributed by atoms with E-state index >= 15 is 0 Å². The standard InChI is InChI=1S/C20H17F4N3O2/c1-26(11-12-29-14-7-3-2-4-8-14)19(28)15-13-25-27(18(15)20(22,23)24)17-10-6-5-9-16(17)21/h2-10,13H,11-12H2,1H3. The summed E-state index contributed by atoms with van der Waals surface area (Å²) in [5, 5.41) is 3.62. The first kappa shape index (κ1) is 20.4. The molecular formula is C20H17F4N3O2. The second kappa shape index (κ2) is 8.34. The second-order valence-corrected chi connectivity index (χ2v) is 6.16. The van der Waals surface area contributed by atoms with Gasteiger partial charge in [0.15, 0.2) is 5.69 Å². The average molecular weight is 407 g/mol. The number of benzene rings is 2. The van der Waals surface area contributed by atoms with Gasteiger partial charge in [0, 0.05) is 7.05 Å². The van der Waals surface area contributed by atoms with Crippen LogP contribution in [-0.4, -0.2) is 40.8 Å². The lowest BCUT2D eigenvalue weighted by Gasteiger charge is -2.19. The summed E-state index contributed by atoms with van der Waals surface area (Å²) >= 11 is 0. The fourth-order valence-corrected chi connectivity index (χ4v) is 2.71. The maximum atomic E-state index is 14.0. The van der Waals surface area contributed by atoms with Crippen molar-refractivity contribution in [2.24, 2.45) is 0 Å². The molecule has 29 heavy (non-hydrogen) atoms. The van der Waals surface area contributed by atoms with Crippen LogP contribution in [0.3, 0.4) is 0 Å². The van der Waals surface area contributed by atoms with E-state index in [1.54, 1.807) is 24.3 Å². The molecule has 0 N–H and O–H groups in total. The third-order valence-electron chi connectivity index (χ3n) is 4.13. The van der Waals surface area contributed by atoms with Crippen molar-refractivity contribution in [2.75, 3.05) is 20.2 Å². The minimum absolute atomic E-state index is 0.0515. The van der Waals surface area contributed by atoms with E-state index in [9.17, 15) is 22.4 Å². The highest BCUT2D eigenvalue weighted by Crippen LogP contribution is 2.34. The molecule has 0 fully saturated rings. The van der Waals surface area contributed by atoms with Crippen molar-refractivity contribution in [1.29, 1.82) is 0 Å². The number of halogens is 4. The Morgan fingerprint density at radius 2 is 1.76 bits per heavy atom. The molecule has 0 saturated heterocycles. The van der Waals surface area contributed by atoms with Crippen molar-refractivity contribution in [3.05, 3.63) is 77.9 Å². The van der Waals surface area contributed by atoms with Gasteiger partial charge < -0.3 is 9.64 Å². The van der Waals surface area contributed by atoms with Crippen LogP contribution in [0.4, 0.5) is 17.6 Å². The first-order valence-electron chi connectivity index (χ1n) is 8.62. The van der Waals surface area contributed by atoms with E-state index in [0.29, 0.717) is 10.4 Å². The van der Waals surface area contributed by atoms with Crippen LogP contribution in [0.5, 0.6) is 5.75 Å². The molecule has 1 aromatic heterocycles. The van der Waals surface area contributed by atoms with Crippen molar-refractivity contribution in [2.45, 2.75) is 6.18 Å². The number of hydrogen-bond donors (Lipinski definition) is 0. The molecule has 3 aromatic rings. The number of hydrogen-bond acceptors (Lipinski definition) is 3. The minimum Gasteiger partial charge on any atom is -0.492 e. The molecule has 0 aliphatic rings. The highest BCUT2D eigenvalue weighted by Gasteiger charge is 2.41. The molecule has 2 aromatic carbocycles. The average Bonchev–Trinajstić information content (AvgIpc) is 3.14. The smallest absolute Gasteiger partial charge is 0.434 e. The van der Waals surface area contributed by atoms with Gasteiger partial charge in [0.05, 0.1) is 18.3 Å². The van der Waals surface area contributed by atoms with Gasteiger partial charge in [-0.15, -0.1) is 0 Å². The Balaban J connectivity index is 1.82. The van der Waals surface area contributed by atoms with Gasteiger partial charge in [-0.3, -0.25) is 4.79 Å². The molecule has 3 rings (SSSR count). The summed E-state index contributed by atoms with van der Waals surface area (Å²) in [5.41, 5.74) is -2.39. The first-order chi connectivity index (χ1) is 13.8. The SMILES string of the molecule is CN(CCOc1ccccc1)C(=O)c1cnn(-c2ccccc2F)c1C(F)(F)F. The molecule has 0 unspecified atom stereocenters. The Morgan fingerprint density at radius 3 is 2.41 bits per heavy atom. The number of aromatic nitrogens is 2. The summed E-state index contributed by atoms with van der Waals surface area (Å²) < 4.78 is 60.9. The van der Waals surface area contributed by atoms with Gasteiger partial charge in [-0.1, -0.05) is 30.3 Å². The number of alkyl halides is 3. The summed E-state index contributed by atoms with van der Waals surface area (Å²) in [6, 6.07) is 13.7. The van der Waals surface area contributed by atoms with Crippen LogP contribution >= 0.6 is 0 Å². The zero-order valence-electron chi connectivity index (χ0n) is 15.4. The minimum atomic E-state index is -4.91. The van der Waals surface area contributed by atoms with Gasteiger partial charge in [-0.25, -0.2) is 9.07 Å². The largest absolute Gasteiger partial charge is 0.492 e. The number of carbonyl (C=O) groups excluding carboxylic acids is 1. The molecule has 1 amide bonds. The number of carbonyl (C=O) groups is 1. The zero-order chi connectivity index (χ0) is 21.0. The van der Waals surface area contributed by atoms with Crippen LogP contribution in [0.25, 0.3) is 5.69 Å². The topological polar surface area (TPSA) is 47.4 Å². The molecule has 0 spiro atoms. The fourth-order valence-electron chi connectivity index (χ4n) is 2.71. The van der Waals surface area contributed by atoms with E-state index < -0.39 is 34.8 Å². The lowest BCUT2D eigenvalue weighted by atomic mass is 10.2. The van der Waals surface area contributed by atoms with E-state index in [0.717, 1.165) is 23.2 Å². The van der Waals surface area contributed by atoms with E-state index in [4.69, 9.17) is 4.74 Å². The van der Waals surface area contributed by atoms with Crippen molar-refractivity contribution in [1.82, 2.24) is 14.7 Å². The van der Waals surface area contributed by atoms with Crippen LogP contribution < -0.4 is 4.74 Å². The number of ether oxygens (including phenoxy) is 1.